The maximum absolute atomic E-state index is 12.0. The van der Waals surface area contributed by atoms with Gasteiger partial charge in [-0.3, -0.25) is 4.79 Å². The van der Waals surface area contributed by atoms with E-state index in [2.05, 4.69) is 17.5 Å². The molecule has 0 spiro atoms. The van der Waals surface area contributed by atoms with E-state index in [0.29, 0.717) is 23.6 Å². The predicted molar refractivity (Wildman–Crippen MR) is 82.3 cm³/mol. The van der Waals surface area contributed by atoms with Gasteiger partial charge in [0.1, 0.15) is 5.58 Å². The maximum atomic E-state index is 12.0. The van der Waals surface area contributed by atoms with Crippen LogP contribution in [0.15, 0.2) is 45.6 Å². The standard InChI is InChI=1S/C17H17NO3/c1-11-8-17(20)21-15-10-13(6-7-14(11)15)18-16(19)9-12-4-2-3-5-12/h2,4,6-8,10,12H,3,5,9H2,1H3,(H,18,19). The number of hydrogen-bond acceptors (Lipinski definition) is 3. The third kappa shape index (κ3) is 3.05. The SMILES string of the molecule is Cc1cc(=O)oc2cc(NC(=O)CC3C=CCC3)ccc12. The normalized spacial score (nSPS) is 17.3. The van der Waals surface area contributed by atoms with Crippen LogP contribution < -0.4 is 10.9 Å². The lowest BCUT2D eigenvalue weighted by atomic mass is 10.0. The molecular weight excluding hydrogens is 266 g/mol. The molecule has 0 aliphatic heterocycles. The van der Waals surface area contributed by atoms with Crippen LogP contribution in [-0.4, -0.2) is 5.91 Å². The van der Waals surface area contributed by atoms with Gasteiger partial charge in [0.25, 0.3) is 0 Å². The molecule has 1 unspecified atom stereocenters. The summed E-state index contributed by atoms with van der Waals surface area (Å²) in [6, 6.07) is 6.86. The molecule has 1 aliphatic carbocycles. The van der Waals surface area contributed by atoms with Gasteiger partial charge in [-0.25, -0.2) is 4.79 Å². The van der Waals surface area contributed by atoms with E-state index >= 15 is 0 Å². The highest BCUT2D eigenvalue weighted by molar-refractivity contribution is 5.93. The fourth-order valence-corrected chi connectivity index (χ4v) is 2.72. The Hall–Kier alpha value is -2.36. The van der Waals surface area contributed by atoms with Crippen molar-refractivity contribution in [1.29, 1.82) is 0 Å². The number of rotatable bonds is 3. The predicted octanol–water partition coefficient (Wildman–Crippen LogP) is 3.40. The average Bonchev–Trinajstić information content (AvgIpc) is 2.90. The lowest BCUT2D eigenvalue weighted by molar-refractivity contribution is -0.116. The summed E-state index contributed by atoms with van der Waals surface area (Å²) in [5.74, 6) is 0.325. The summed E-state index contributed by atoms with van der Waals surface area (Å²) in [6.07, 6.45) is 6.80. The van der Waals surface area contributed by atoms with Crippen LogP contribution in [0.25, 0.3) is 11.0 Å². The van der Waals surface area contributed by atoms with E-state index in [1.165, 1.54) is 6.07 Å². The molecule has 21 heavy (non-hydrogen) atoms. The van der Waals surface area contributed by atoms with Crippen molar-refractivity contribution in [1.82, 2.24) is 0 Å². The van der Waals surface area contributed by atoms with Crippen LogP contribution in [0.2, 0.25) is 0 Å². The summed E-state index contributed by atoms with van der Waals surface area (Å²) in [7, 11) is 0. The van der Waals surface area contributed by atoms with E-state index < -0.39 is 0 Å². The first-order chi connectivity index (χ1) is 10.1. The Labute approximate surface area is 122 Å². The third-order valence-corrected chi connectivity index (χ3v) is 3.80. The zero-order chi connectivity index (χ0) is 14.8. The molecule has 4 nitrogen and oxygen atoms in total. The molecule has 0 radical (unpaired) electrons. The van der Waals surface area contributed by atoms with Crippen LogP contribution in [0, 0.1) is 12.8 Å². The number of carbonyl (C=O) groups excluding carboxylic acids is 1. The first-order valence-corrected chi connectivity index (χ1v) is 7.13. The van der Waals surface area contributed by atoms with Crippen LogP contribution in [0.4, 0.5) is 5.69 Å². The Kier molecular flexibility index (Phi) is 3.60. The molecule has 1 N–H and O–H groups in total. The van der Waals surface area contributed by atoms with Gasteiger partial charge in [0.05, 0.1) is 0 Å². The molecule has 0 saturated carbocycles. The van der Waals surface area contributed by atoms with Crippen LogP contribution in [0.3, 0.4) is 0 Å². The zero-order valence-electron chi connectivity index (χ0n) is 11.9. The Balaban J connectivity index is 1.79. The maximum Gasteiger partial charge on any atom is 0.336 e. The molecule has 3 rings (SSSR count). The highest BCUT2D eigenvalue weighted by Crippen LogP contribution is 2.23. The van der Waals surface area contributed by atoms with E-state index in [4.69, 9.17) is 4.42 Å². The number of benzene rings is 1. The van der Waals surface area contributed by atoms with Gasteiger partial charge in [-0.1, -0.05) is 12.2 Å². The molecule has 1 atom stereocenters. The van der Waals surface area contributed by atoms with Crippen LogP contribution in [0.5, 0.6) is 0 Å². The number of anilines is 1. The lowest BCUT2D eigenvalue weighted by Crippen LogP contribution is -2.14. The number of hydrogen-bond donors (Lipinski definition) is 1. The Morgan fingerprint density at radius 1 is 1.38 bits per heavy atom. The van der Waals surface area contributed by atoms with Gasteiger partial charge in [-0.2, -0.15) is 0 Å². The van der Waals surface area contributed by atoms with Crippen LogP contribution in [-0.2, 0) is 4.79 Å². The van der Waals surface area contributed by atoms with Crippen molar-refractivity contribution in [3.05, 3.63) is 52.4 Å². The Bertz CT molecular complexity index is 773. The Morgan fingerprint density at radius 3 is 3.00 bits per heavy atom. The molecule has 4 heteroatoms. The monoisotopic (exact) mass is 283 g/mol. The molecule has 0 fully saturated rings. The molecule has 2 aromatic rings. The number of aryl methyl sites for hydroxylation is 1. The van der Waals surface area contributed by atoms with E-state index in [9.17, 15) is 9.59 Å². The molecule has 0 bridgehead atoms. The quantitative estimate of drug-likeness (QED) is 0.693. The largest absolute Gasteiger partial charge is 0.423 e. The van der Waals surface area contributed by atoms with Gasteiger partial charge < -0.3 is 9.73 Å². The van der Waals surface area contributed by atoms with Gasteiger partial charge >= 0.3 is 5.63 Å². The summed E-state index contributed by atoms with van der Waals surface area (Å²) in [5.41, 5.74) is 1.65. The fraction of sp³-hybridized carbons (Fsp3) is 0.294. The van der Waals surface area contributed by atoms with E-state index in [1.54, 1.807) is 6.07 Å². The van der Waals surface area contributed by atoms with Crippen LogP contribution in [0.1, 0.15) is 24.8 Å². The van der Waals surface area contributed by atoms with E-state index in [0.717, 1.165) is 23.8 Å². The van der Waals surface area contributed by atoms with Gasteiger partial charge in [-0.05, 0) is 43.4 Å². The zero-order valence-corrected chi connectivity index (χ0v) is 11.9. The molecule has 1 amide bonds. The molecule has 108 valence electrons. The molecule has 1 aromatic heterocycles. The third-order valence-electron chi connectivity index (χ3n) is 3.80. The van der Waals surface area contributed by atoms with Gasteiger partial charge in [0, 0.05) is 29.6 Å². The van der Waals surface area contributed by atoms with Gasteiger partial charge in [-0.15, -0.1) is 0 Å². The highest BCUT2D eigenvalue weighted by Gasteiger charge is 2.14. The first-order valence-electron chi connectivity index (χ1n) is 7.13. The smallest absolute Gasteiger partial charge is 0.336 e. The van der Waals surface area contributed by atoms with Crippen molar-refractivity contribution >= 4 is 22.6 Å². The lowest BCUT2D eigenvalue weighted by Gasteiger charge is -2.09. The van der Waals surface area contributed by atoms with Crippen molar-refractivity contribution in [2.75, 3.05) is 5.32 Å². The van der Waals surface area contributed by atoms with Crippen molar-refractivity contribution in [3.8, 4) is 0 Å². The van der Waals surface area contributed by atoms with Gasteiger partial charge in [0.15, 0.2) is 0 Å². The van der Waals surface area contributed by atoms with E-state index in [1.807, 2.05) is 19.1 Å². The number of amides is 1. The number of carbonyl (C=O) groups is 1. The van der Waals surface area contributed by atoms with E-state index in [-0.39, 0.29) is 11.5 Å². The van der Waals surface area contributed by atoms with Crippen molar-refractivity contribution in [2.24, 2.45) is 5.92 Å². The fourth-order valence-electron chi connectivity index (χ4n) is 2.72. The molecule has 1 aliphatic rings. The minimum Gasteiger partial charge on any atom is -0.423 e. The summed E-state index contributed by atoms with van der Waals surface area (Å²) in [5, 5.41) is 3.75. The minimum absolute atomic E-state index is 0.0131. The topological polar surface area (TPSA) is 59.3 Å². The summed E-state index contributed by atoms with van der Waals surface area (Å²) in [6.45, 7) is 1.87. The minimum atomic E-state index is -0.375. The number of allylic oxidation sites excluding steroid dienone is 2. The average molecular weight is 283 g/mol. The second-order valence-electron chi connectivity index (χ2n) is 5.48. The summed E-state index contributed by atoms with van der Waals surface area (Å²) < 4.78 is 5.18. The highest BCUT2D eigenvalue weighted by atomic mass is 16.4. The van der Waals surface area contributed by atoms with Crippen LogP contribution >= 0.6 is 0 Å². The van der Waals surface area contributed by atoms with Crippen molar-refractivity contribution in [2.45, 2.75) is 26.2 Å². The molecular formula is C17H17NO3. The molecule has 1 aromatic carbocycles. The van der Waals surface area contributed by atoms with Gasteiger partial charge in [0.2, 0.25) is 5.91 Å². The Morgan fingerprint density at radius 2 is 2.24 bits per heavy atom. The number of nitrogens with one attached hydrogen (secondary N) is 1. The second-order valence-corrected chi connectivity index (χ2v) is 5.48. The molecule has 1 heterocycles. The number of fused-ring (bicyclic) bond motifs is 1. The first kappa shape index (κ1) is 13.6. The summed E-state index contributed by atoms with van der Waals surface area (Å²) >= 11 is 0. The van der Waals surface area contributed by atoms with Crippen molar-refractivity contribution in [3.63, 3.8) is 0 Å². The second kappa shape index (κ2) is 5.56. The molecule has 0 saturated heterocycles. The van der Waals surface area contributed by atoms with Crippen molar-refractivity contribution < 1.29 is 9.21 Å². The summed E-state index contributed by atoms with van der Waals surface area (Å²) in [4.78, 5) is 23.4.